The predicted octanol–water partition coefficient (Wildman–Crippen LogP) is 1.23. The highest BCUT2D eigenvalue weighted by Crippen LogP contribution is 2.05. The first-order chi connectivity index (χ1) is 6.02. The zero-order valence-corrected chi connectivity index (χ0v) is 7.70. The molecule has 0 fully saturated rings. The van der Waals surface area contributed by atoms with Crippen LogP contribution in [0, 0.1) is 0 Å². The number of furan rings is 1. The van der Waals surface area contributed by atoms with Crippen LogP contribution in [0.1, 0.15) is 19.6 Å². The molecule has 1 rings (SSSR count). The topological polar surface area (TPSA) is 62.5 Å². The normalized spacial score (nSPS) is 11.5. The van der Waals surface area contributed by atoms with Gasteiger partial charge in [-0.2, -0.15) is 0 Å². The molecule has 13 heavy (non-hydrogen) atoms. The molecule has 0 amide bonds. The second-order valence-corrected chi connectivity index (χ2v) is 3.36. The Bertz CT molecular complexity index is 277. The van der Waals surface area contributed by atoms with Gasteiger partial charge in [-0.05, 0) is 26.0 Å². The van der Waals surface area contributed by atoms with E-state index in [4.69, 9.17) is 9.52 Å². The standard InChI is InChI=1S/C9H13NO3/c1-9(2,8(11)12)10-6-7-4-3-5-13-7/h3-5,10H,6H2,1-2H3,(H,11,12). The predicted molar refractivity (Wildman–Crippen MR) is 47.3 cm³/mol. The maximum absolute atomic E-state index is 10.7. The van der Waals surface area contributed by atoms with Crippen LogP contribution in [-0.2, 0) is 11.3 Å². The molecule has 0 unspecified atom stereocenters. The number of carboxylic acid groups (broad SMARTS) is 1. The number of aliphatic carboxylic acids is 1. The van der Waals surface area contributed by atoms with Gasteiger partial charge in [0, 0.05) is 0 Å². The molecule has 0 aliphatic rings. The Balaban J connectivity index is 2.47. The number of hydrogen-bond acceptors (Lipinski definition) is 3. The summed E-state index contributed by atoms with van der Waals surface area (Å²) in [4.78, 5) is 10.7. The fourth-order valence-electron chi connectivity index (χ4n) is 0.797. The van der Waals surface area contributed by atoms with E-state index in [1.54, 1.807) is 32.2 Å². The van der Waals surface area contributed by atoms with Crippen molar-refractivity contribution in [3.05, 3.63) is 24.2 Å². The van der Waals surface area contributed by atoms with Crippen LogP contribution in [0.2, 0.25) is 0 Å². The van der Waals surface area contributed by atoms with Gasteiger partial charge in [-0.15, -0.1) is 0 Å². The highest BCUT2D eigenvalue weighted by atomic mass is 16.4. The van der Waals surface area contributed by atoms with E-state index in [1.807, 2.05) is 0 Å². The van der Waals surface area contributed by atoms with Crippen LogP contribution in [0.3, 0.4) is 0 Å². The highest BCUT2D eigenvalue weighted by Gasteiger charge is 2.26. The van der Waals surface area contributed by atoms with Crippen LogP contribution in [0.25, 0.3) is 0 Å². The summed E-state index contributed by atoms with van der Waals surface area (Å²) < 4.78 is 5.05. The molecular formula is C9H13NO3. The van der Waals surface area contributed by atoms with Gasteiger partial charge in [0.1, 0.15) is 11.3 Å². The Morgan fingerprint density at radius 3 is 2.85 bits per heavy atom. The first-order valence-electron chi connectivity index (χ1n) is 4.03. The van der Waals surface area contributed by atoms with Crippen molar-refractivity contribution in [3.63, 3.8) is 0 Å². The van der Waals surface area contributed by atoms with Gasteiger partial charge in [0.2, 0.25) is 0 Å². The zero-order valence-electron chi connectivity index (χ0n) is 7.70. The van der Waals surface area contributed by atoms with Gasteiger partial charge < -0.3 is 9.52 Å². The quantitative estimate of drug-likeness (QED) is 0.737. The Kier molecular flexibility index (Phi) is 2.72. The van der Waals surface area contributed by atoms with Crippen LogP contribution in [0.4, 0.5) is 0 Å². The fraction of sp³-hybridized carbons (Fsp3) is 0.444. The SMILES string of the molecule is CC(C)(NCc1ccco1)C(=O)O. The van der Waals surface area contributed by atoms with E-state index in [0.717, 1.165) is 5.76 Å². The third-order valence-corrected chi connectivity index (χ3v) is 1.82. The maximum atomic E-state index is 10.7. The summed E-state index contributed by atoms with van der Waals surface area (Å²) >= 11 is 0. The average molecular weight is 183 g/mol. The minimum absolute atomic E-state index is 0.423. The van der Waals surface area contributed by atoms with Crippen molar-refractivity contribution < 1.29 is 14.3 Å². The minimum Gasteiger partial charge on any atom is -0.480 e. The second-order valence-electron chi connectivity index (χ2n) is 3.36. The molecule has 0 aromatic carbocycles. The number of carboxylic acids is 1. The van der Waals surface area contributed by atoms with Gasteiger partial charge in [0.15, 0.2) is 0 Å². The summed E-state index contributed by atoms with van der Waals surface area (Å²) in [6, 6.07) is 3.57. The van der Waals surface area contributed by atoms with Gasteiger partial charge in [-0.3, -0.25) is 10.1 Å². The Labute approximate surface area is 76.6 Å². The fourth-order valence-corrected chi connectivity index (χ4v) is 0.797. The molecule has 1 heterocycles. The van der Waals surface area contributed by atoms with Crippen molar-refractivity contribution in [1.29, 1.82) is 0 Å². The van der Waals surface area contributed by atoms with E-state index in [1.165, 1.54) is 0 Å². The van der Waals surface area contributed by atoms with E-state index >= 15 is 0 Å². The van der Waals surface area contributed by atoms with Gasteiger partial charge in [0.05, 0.1) is 12.8 Å². The molecule has 0 atom stereocenters. The van der Waals surface area contributed by atoms with Gasteiger partial charge in [-0.1, -0.05) is 0 Å². The third-order valence-electron chi connectivity index (χ3n) is 1.82. The largest absolute Gasteiger partial charge is 0.480 e. The van der Waals surface area contributed by atoms with Crippen molar-refractivity contribution in [3.8, 4) is 0 Å². The molecule has 72 valence electrons. The minimum atomic E-state index is -0.924. The Morgan fingerprint density at radius 1 is 1.69 bits per heavy atom. The summed E-state index contributed by atoms with van der Waals surface area (Å²) in [7, 11) is 0. The van der Waals surface area contributed by atoms with E-state index in [2.05, 4.69) is 5.32 Å². The number of carbonyl (C=O) groups is 1. The van der Waals surface area contributed by atoms with Gasteiger partial charge >= 0.3 is 5.97 Å². The zero-order chi connectivity index (χ0) is 9.90. The summed E-state index contributed by atoms with van der Waals surface area (Å²) in [5, 5.41) is 11.6. The van der Waals surface area contributed by atoms with Crippen molar-refractivity contribution in [1.82, 2.24) is 5.32 Å². The molecule has 0 aliphatic carbocycles. The van der Waals surface area contributed by atoms with Crippen LogP contribution in [0.5, 0.6) is 0 Å². The highest BCUT2D eigenvalue weighted by molar-refractivity contribution is 5.77. The molecule has 2 N–H and O–H groups in total. The average Bonchev–Trinajstić information content (AvgIpc) is 2.52. The molecule has 0 bridgehead atoms. The lowest BCUT2D eigenvalue weighted by molar-refractivity contribution is -0.143. The van der Waals surface area contributed by atoms with E-state index < -0.39 is 11.5 Å². The monoisotopic (exact) mass is 183 g/mol. The lowest BCUT2D eigenvalue weighted by Crippen LogP contribution is -2.46. The van der Waals surface area contributed by atoms with Crippen molar-refractivity contribution in [2.75, 3.05) is 0 Å². The van der Waals surface area contributed by atoms with Crippen molar-refractivity contribution in [2.45, 2.75) is 25.9 Å². The summed E-state index contributed by atoms with van der Waals surface area (Å²) in [6.45, 7) is 3.64. The van der Waals surface area contributed by atoms with E-state index in [-0.39, 0.29) is 0 Å². The molecule has 4 nitrogen and oxygen atoms in total. The van der Waals surface area contributed by atoms with Crippen LogP contribution in [0.15, 0.2) is 22.8 Å². The van der Waals surface area contributed by atoms with Crippen LogP contribution >= 0.6 is 0 Å². The van der Waals surface area contributed by atoms with Crippen LogP contribution < -0.4 is 5.32 Å². The molecule has 1 aromatic heterocycles. The summed E-state index contributed by atoms with van der Waals surface area (Å²) in [5.41, 5.74) is -0.924. The molecular weight excluding hydrogens is 170 g/mol. The number of nitrogens with one attached hydrogen (secondary N) is 1. The second kappa shape index (κ2) is 3.62. The van der Waals surface area contributed by atoms with Crippen molar-refractivity contribution in [2.24, 2.45) is 0 Å². The maximum Gasteiger partial charge on any atom is 0.323 e. The first-order valence-corrected chi connectivity index (χ1v) is 4.03. The van der Waals surface area contributed by atoms with Gasteiger partial charge in [-0.25, -0.2) is 0 Å². The number of rotatable bonds is 4. The first kappa shape index (κ1) is 9.80. The molecule has 0 saturated carbocycles. The van der Waals surface area contributed by atoms with Crippen LogP contribution in [-0.4, -0.2) is 16.6 Å². The molecule has 0 aliphatic heterocycles. The van der Waals surface area contributed by atoms with E-state index in [9.17, 15) is 4.79 Å². The molecule has 0 saturated heterocycles. The smallest absolute Gasteiger partial charge is 0.323 e. The molecule has 0 radical (unpaired) electrons. The summed E-state index contributed by atoms with van der Waals surface area (Å²) in [5.74, 6) is -0.145. The van der Waals surface area contributed by atoms with Gasteiger partial charge in [0.25, 0.3) is 0 Å². The molecule has 4 heteroatoms. The Hall–Kier alpha value is -1.29. The third kappa shape index (κ3) is 2.59. The number of hydrogen-bond donors (Lipinski definition) is 2. The lowest BCUT2D eigenvalue weighted by Gasteiger charge is -2.19. The molecule has 0 spiro atoms. The van der Waals surface area contributed by atoms with E-state index in [0.29, 0.717) is 6.54 Å². The molecule has 1 aromatic rings. The lowest BCUT2D eigenvalue weighted by atomic mass is 10.1. The summed E-state index contributed by atoms with van der Waals surface area (Å²) in [6.07, 6.45) is 1.56. The Morgan fingerprint density at radius 2 is 2.38 bits per heavy atom. The van der Waals surface area contributed by atoms with Crippen molar-refractivity contribution >= 4 is 5.97 Å².